The number of halogens is 5. The summed E-state index contributed by atoms with van der Waals surface area (Å²) in [4.78, 5) is 7.63. The summed E-state index contributed by atoms with van der Waals surface area (Å²) < 4.78 is 65.4. The molecule has 1 aromatic carbocycles. The number of anilines is 3. The molecule has 3 N–H and O–H groups in total. The third-order valence-corrected chi connectivity index (χ3v) is 3.24. The van der Waals surface area contributed by atoms with E-state index in [1.165, 1.54) is 12.4 Å². The Labute approximate surface area is 143 Å². The van der Waals surface area contributed by atoms with Crippen molar-refractivity contribution in [2.24, 2.45) is 0 Å². The van der Waals surface area contributed by atoms with Gasteiger partial charge in [0.25, 0.3) is 0 Å². The summed E-state index contributed by atoms with van der Waals surface area (Å²) in [5.74, 6) is -2.05. The number of alkyl halides is 3. The Morgan fingerprint density at radius 2 is 1.88 bits per heavy atom. The van der Waals surface area contributed by atoms with Gasteiger partial charge in [0.05, 0.1) is 23.6 Å². The number of nitrogens with one attached hydrogen (secondary N) is 3. The summed E-state index contributed by atoms with van der Waals surface area (Å²) >= 11 is 0. The molecule has 136 valence electrons. The standard InChI is InChI=1S/C15H11F5N6/c16-10-2-8(1-9(3-10)15(18,19)20)4-21-13-12(17)7-22-14(26-13)25-11-5-23-24-6-11/h1-3,5-7H,4H2,(H,23,24)(H2,21,22,25,26). The SMILES string of the molecule is Fc1cc(CNc2nc(Nc3cn[nH]c3)ncc2F)cc(C(F)(F)F)c1. The predicted molar refractivity (Wildman–Crippen MR) is 82.6 cm³/mol. The minimum atomic E-state index is -4.68. The summed E-state index contributed by atoms with van der Waals surface area (Å²) in [6, 6.07) is 2.09. The maximum Gasteiger partial charge on any atom is 0.416 e. The van der Waals surface area contributed by atoms with Crippen molar-refractivity contribution < 1.29 is 22.0 Å². The van der Waals surface area contributed by atoms with Crippen LogP contribution in [0.1, 0.15) is 11.1 Å². The zero-order valence-electron chi connectivity index (χ0n) is 12.9. The second kappa shape index (κ2) is 6.94. The van der Waals surface area contributed by atoms with Gasteiger partial charge in [-0.2, -0.15) is 23.3 Å². The first-order valence-corrected chi connectivity index (χ1v) is 7.20. The van der Waals surface area contributed by atoms with Gasteiger partial charge in [-0.15, -0.1) is 0 Å². The van der Waals surface area contributed by atoms with Gasteiger partial charge in [-0.1, -0.05) is 0 Å². The smallest absolute Gasteiger partial charge is 0.363 e. The molecular weight excluding hydrogens is 359 g/mol. The van der Waals surface area contributed by atoms with Crippen molar-refractivity contribution in [3.05, 3.63) is 59.6 Å². The topological polar surface area (TPSA) is 78.5 Å². The van der Waals surface area contributed by atoms with Gasteiger partial charge in [0.1, 0.15) is 5.82 Å². The van der Waals surface area contributed by atoms with Gasteiger partial charge < -0.3 is 10.6 Å². The summed E-state index contributed by atoms with van der Waals surface area (Å²) in [5.41, 5.74) is -0.609. The van der Waals surface area contributed by atoms with Crippen LogP contribution in [0.15, 0.2) is 36.8 Å². The zero-order valence-corrected chi connectivity index (χ0v) is 12.9. The van der Waals surface area contributed by atoms with E-state index in [-0.39, 0.29) is 23.9 Å². The number of benzene rings is 1. The number of aromatic amines is 1. The first kappa shape index (κ1) is 17.6. The average molecular weight is 370 g/mol. The van der Waals surface area contributed by atoms with Gasteiger partial charge in [0, 0.05) is 12.7 Å². The number of hydrogen-bond acceptors (Lipinski definition) is 5. The second-order valence-corrected chi connectivity index (χ2v) is 5.20. The molecule has 0 fully saturated rings. The highest BCUT2D eigenvalue weighted by Gasteiger charge is 2.31. The quantitative estimate of drug-likeness (QED) is 0.595. The molecule has 0 aliphatic heterocycles. The molecule has 26 heavy (non-hydrogen) atoms. The maximum absolute atomic E-state index is 13.8. The highest BCUT2D eigenvalue weighted by atomic mass is 19.4. The molecule has 0 bridgehead atoms. The maximum atomic E-state index is 13.8. The minimum Gasteiger partial charge on any atom is -0.363 e. The highest BCUT2D eigenvalue weighted by molar-refractivity contribution is 5.52. The Balaban J connectivity index is 1.76. The molecule has 0 saturated heterocycles. The summed E-state index contributed by atoms with van der Waals surface area (Å²) in [5, 5.41) is 11.6. The molecule has 3 aromatic rings. The molecule has 6 nitrogen and oxygen atoms in total. The van der Waals surface area contributed by atoms with Crippen molar-refractivity contribution in [3.63, 3.8) is 0 Å². The lowest BCUT2D eigenvalue weighted by atomic mass is 10.1. The molecule has 0 saturated carbocycles. The van der Waals surface area contributed by atoms with Gasteiger partial charge >= 0.3 is 6.18 Å². The van der Waals surface area contributed by atoms with Crippen LogP contribution in [0.25, 0.3) is 0 Å². The van der Waals surface area contributed by atoms with Gasteiger partial charge in [-0.25, -0.2) is 13.8 Å². The van der Waals surface area contributed by atoms with Crippen molar-refractivity contribution in [1.82, 2.24) is 20.2 Å². The number of aromatic nitrogens is 4. The van der Waals surface area contributed by atoms with Crippen molar-refractivity contribution in [2.45, 2.75) is 12.7 Å². The minimum absolute atomic E-state index is 0.0142. The van der Waals surface area contributed by atoms with Gasteiger partial charge in [-0.3, -0.25) is 5.10 Å². The van der Waals surface area contributed by atoms with Crippen LogP contribution >= 0.6 is 0 Å². The van der Waals surface area contributed by atoms with Crippen molar-refractivity contribution in [2.75, 3.05) is 10.6 Å². The van der Waals surface area contributed by atoms with E-state index in [1.54, 1.807) is 0 Å². The fraction of sp³-hybridized carbons (Fsp3) is 0.133. The Morgan fingerprint density at radius 3 is 2.58 bits per heavy atom. The predicted octanol–water partition coefficient (Wildman–Crippen LogP) is 3.85. The van der Waals surface area contributed by atoms with E-state index in [2.05, 4.69) is 30.8 Å². The van der Waals surface area contributed by atoms with Crippen LogP contribution in [0, 0.1) is 11.6 Å². The van der Waals surface area contributed by atoms with E-state index in [9.17, 15) is 22.0 Å². The molecule has 3 rings (SSSR count). The van der Waals surface area contributed by atoms with Crippen LogP contribution in [0.4, 0.5) is 39.4 Å². The molecule has 0 unspecified atom stereocenters. The molecule has 2 heterocycles. The average Bonchev–Trinajstić information content (AvgIpc) is 3.07. The monoisotopic (exact) mass is 370 g/mol. The highest BCUT2D eigenvalue weighted by Crippen LogP contribution is 2.30. The van der Waals surface area contributed by atoms with E-state index in [1.807, 2.05) is 0 Å². The molecule has 0 aliphatic rings. The van der Waals surface area contributed by atoms with Crippen LogP contribution in [0.3, 0.4) is 0 Å². The summed E-state index contributed by atoms with van der Waals surface area (Å²) in [7, 11) is 0. The first-order valence-electron chi connectivity index (χ1n) is 7.20. The van der Waals surface area contributed by atoms with E-state index >= 15 is 0 Å². The van der Waals surface area contributed by atoms with Crippen molar-refractivity contribution in [3.8, 4) is 0 Å². The molecular formula is C15H11F5N6. The zero-order chi connectivity index (χ0) is 18.7. The van der Waals surface area contributed by atoms with Gasteiger partial charge in [0.15, 0.2) is 11.6 Å². The summed E-state index contributed by atoms with van der Waals surface area (Å²) in [6.07, 6.45) is -0.820. The fourth-order valence-corrected chi connectivity index (χ4v) is 2.10. The number of hydrogen-bond donors (Lipinski definition) is 3. The molecule has 0 aliphatic carbocycles. The third kappa shape index (κ3) is 4.23. The Morgan fingerprint density at radius 1 is 1.08 bits per heavy atom. The van der Waals surface area contributed by atoms with Crippen LogP contribution < -0.4 is 10.6 Å². The number of H-pyrrole nitrogens is 1. The van der Waals surface area contributed by atoms with Crippen molar-refractivity contribution >= 4 is 17.5 Å². The van der Waals surface area contributed by atoms with Crippen LogP contribution in [0.2, 0.25) is 0 Å². The Bertz CT molecular complexity index is 894. The molecule has 11 heteroatoms. The Hall–Kier alpha value is -3.24. The largest absolute Gasteiger partial charge is 0.416 e. The molecule has 0 atom stereocenters. The number of nitrogens with zero attached hydrogens (tertiary/aromatic N) is 3. The van der Waals surface area contributed by atoms with E-state index < -0.39 is 23.4 Å². The van der Waals surface area contributed by atoms with Crippen LogP contribution in [-0.4, -0.2) is 20.2 Å². The number of rotatable bonds is 5. The van der Waals surface area contributed by atoms with Crippen molar-refractivity contribution in [1.29, 1.82) is 0 Å². The Kier molecular flexibility index (Phi) is 4.69. The fourth-order valence-electron chi connectivity index (χ4n) is 2.10. The molecule has 0 amide bonds. The summed E-state index contributed by atoms with van der Waals surface area (Å²) in [6.45, 7) is -0.264. The van der Waals surface area contributed by atoms with E-state index in [4.69, 9.17) is 0 Å². The van der Waals surface area contributed by atoms with Gasteiger partial charge in [0.2, 0.25) is 5.95 Å². The normalized spacial score (nSPS) is 11.4. The lowest BCUT2D eigenvalue weighted by Crippen LogP contribution is -2.10. The lowest BCUT2D eigenvalue weighted by molar-refractivity contribution is -0.137. The lowest BCUT2D eigenvalue weighted by Gasteiger charge is -2.11. The van der Waals surface area contributed by atoms with E-state index in [0.29, 0.717) is 11.8 Å². The van der Waals surface area contributed by atoms with Gasteiger partial charge in [-0.05, 0) is 23.8 Å². The molecule has 0 radical (unpaired) electrons. The van der Waals surface area contributed by atoms with Crippen LogP contribution in [0.5, 0.6) is 0 Å². The van der Waals surface area contributed by atoms with Crippen LogP contribution in [-0.2, 0) is 12.7 Å². The third-order valence-electron chi connectivity index (χ3n) is 3.24. The first-order chi connectivity index (χ1) is 12.3. The molecule has 2 aromatic heterocycles. The molecule has 0 spiro atoms. The van der Waals surface area contributed by atoms with E-state index in [0.717, 1.165) is 18.3 Å². The second-order valence-electron chi connectivity index (χ2n) is 5.20.